The van der Waals surface area contributed by atoms with Crippen molar-refractivity contribution < 1.29 is 17.6 Å². The molecule has 2 aliphatic rings. The van der Waals surface area contributed by atoms with Gasteiger partial charge in [-0.1, -0.05) is 36.9 Å². The van der Waals surface area contributed by atoms with Crippen LogP contribution in [0.2, 0.25) is 5.02 Å². The molecule has 0 unspecified atom stereocenters. The molecule has 0 atom stereocenters. The van der Waals surface area contributed by atoms with Gasteiger partial charge in [0, 0.05) is 19.5 Å². The van der Waals surface area contributed by atoms with Crippen molar-refractivity contribution in [3.05, 3.63) is 34.6 Å². The predicted octanol–water partition coefficient (Wildman–Crippen LogP) is 3.37. The van der Waals surface area contributed by atoms with Crippen LogP contribution in [-0.2, 0) is 21.1 Å². The van der Waals surface area contributed by atoms with E-state index in [0.717, 1.165) is 37.7 Å². The van der Waals surface area contributed by atoms with Gasteiger partial charge >= 0.3 is 0 Å². The van der Waals surface area contributed by atoms with Gasteiger partial charge in [-0.3, -0.25) is 4.79 Å². The first-order valence-electron chi connectivity index (χ1n) is 8.82. The molecular weight excluding hydrogens is 365 g/mol. The normalized spacial score (nSPS) is 19.7. The van der Waals surface area contributed by atoms with E-state index in [1.54, 1.807) is 11.0 Å². The SMILES string of the molecule is O=C(CCc1ccc(F)c(Cl)c1)N1CC(S(=O)(=O)C2CCCCC2)C1. The van der Waals surface area contributed by atoms with Crippen molar-refractivity contribution in [2.75, 3.05) is 13.1 Å². The second-order valence-electron chi connectivity index (χ2n) is 7.02. The van der Waals surface area contributed by atoms with Crippen LogP contribution in [0, 0.1) is 5.82 Å². The van der Waals surface area contributed by atoms with Crippen molar-refractivity contribution in [1.29, 1.82) is 0 Å². The fraction of sp³-hybridized carbons (Fsp3) is 0.611. The molecule has 0 aromatic heterocycles. The van der Waals surface area contributed by atoms with Crippen LogP contribution in [-0.4, -0.2) is 42.8 Å². The van der Waals surface area contributed by atoms with Crippen LogP contribution in [0.4, 0.5) is 4.39 Å². The molecule has 0 radical (unpaired) electrons. The minimum absolute atomic E-state index is 0.0486. The second-order valence-corrected chi connectivity index (χ2v) is 9.94. The number of likely N-dealkylation sites (tertiary alicyclic amines) is 1. The number of carbonyl (C=O) groups excluding carboxylic acids is 1. The quantitative estimate of drug-likeness (QED) is 0.778. The van der Waals surface area contributed by atoms with E-state index < -0.39 is 20.9 Å². The Labute approximate surface area is 153 Å². The minimum atomic E-state index is -3.12. The van der Waals surface area contributed by atoms with E-state index in [4.69, 9.17) is 11.6 Å². The molecule has 0 spiro atoms. The summed E-state index contributed by atoms with van der Waals surface area (Å²) in [6.07, 6.45) is 5.36. The van der Waals surface area contributed by atoms with E-state index in [2.05, 4.69) is 0 Å². The van der Waals surface area contributed by atoms with E-state index in [1.165, 1.54) is 12.1 Å². The fourth-order valence-corrected chi connectivity index (χ4v) is 6.13. The lowest BCUT2D eigenvalue weighted by molar-refractivity contribution is -0.134. The third-order valence-electron chi connectivity index (χ3n) is 5.29. The Morgan fingerprint density at radius 1 is 1.16 bits per heavy atom. The van der Waals surface area contributed by atoms with Gasteiger partial charge in [-0.25, -0.2) is 12.8 Å². The van der Waals surface area contributed by atoms with Crippen molar-refractivity contribution in [3.63, 3.8) is 0 Å². The summed E-state index contributed by atoms with van der Waals surface area (Å²) in [5.74, 6) is -0.536. The van der Waals surface area contributed by atoms with Crippen molar-refractivity contribution in [3.8, 4) is 0 Å². The zero-order chi connectivity index (χ0) is 18.0. The van der Waals surface area contributed by atoms with Crippen molar-refractivity contribution >= 4 is 27.3 Å². The van der Waals surface area contributed by atoms with Gasteiger partial charge in [0.05, 0.1) is 15.5 Å². The zero-order valence-corrected chi connectivity index (χ0v) is 15.7. The van der Waals surface area contributed by atoms with Crippen molar-refractivity contribution in [2.45, 2.75) is 55.4 Å². The summed E-state index contributed by atoms with van der Waals surface area (Å²) in [6.45, 7) is 0.615. The van der Waals surface area contributed by atoms with Gasteiger partial charge in [0.15, 0.2) is 9.84 Å². The third-order valence-corrected chi connectivity index (χ3v) is 8.21. The number of rotatable bonds is 5. The first kappa shape index (κ1) is 18.6. The molecular formula is C18H23ClFNO3S. The van der Waals surface area contributed by atoms with E-state index in [0.29, 0.717) is 19.5 Å². The number of sulfone groups is 1. The van der Waals surface area contributed by atoms with Gasteiger partial charge in [0.2, 0.25) is 5.91 Å². The number of aryl methyl sites for hydroxylation is 1. The molecule has 4 nitrogen and oxygen atoms in total. The van der Waals surface area contributed by atoms with E-state index in [-0.39, 0.29) is 22.6 Å². The Kier molecular flexibility index (Phi) is 5.68. The van der Waals surface area contributed by atoms with E-state index >= 15 is 0 Å². The minimum Gasteiger partial charge on any atom is -0.340 e. The molecule has 0 bridgehead atoms. The summed E-state index contributed by atoms with van der Waals surface area (Å²) in [7, 11) is -3.12. The summed E-state index contributed by atoms with van der Waals surface area (Å²) < 4.78 is 38.3. The molecule has 138 valence electrons. The van der Waals surface area contributed by atoms with Crippen LogP contribution < -0.4 is 0 Å². The Balaban J connectivity index is 1.48. The van der Waals surface area contributed by atoms with Crippen LogP contribution in [0.15, 0.2) is 18.2 Å². The number of carbonyl (C=O) groups is 1. The molecule has 0 N–H and O–H groups in total. The van der Waals surface area contributed by atoms with Crippen LogP contribution >= 0.6 is 11.6 Å². The average molecular weight is 388 g/mol. The van der Waals surface area contributed by atoms with Crippen molar-refractivity contribution in [2.24, 2.45) is 0 Å². The maximum absolute atomic E-state index is 13.1. The standard InChI is InChI=1S/C18H23ClFNO3S/c19-16-10-13(6-8-17(16)20)7-9-18(22)21-11-15(12-21)25(23,24)14-4-2-1-3-5-14/h6,8,10,14-15H,1-5,7,9,11-12H2. The maximum Gasteiger partial charge on any atom is 0.222 e. The lowest BCUT2D eigenvalue weighted by atomic mass is 10.0. The number of halogens is 2. The molecule has 7 heteroatoms. The fourth-order valence-electron chi connectivity index (χ4n) is 3.62. The maximum atomic E-state index is 13.1. The Morgan fingerprint density at radius 2 is 1.84 bits per heavy atom. The number of amides is 1. The summed E-state index contributed by atoms with van der Waals surface area (Å²) >= 11 is 5.74. The topological polar surface area (TPSA) is 54.5 Å². The zero-order valence-electron chi connectivity index (χ0n) is 14.1. The Morgan fingerprint density at radius 3 is 2.48 bits per heavy atom. The molecule has 3 rings (SSSR count). The lowest BCUT2D eigenvalue weighted by Crippen LogP contribution is -2.58. The van der Waals surface area contributed by atoms with Gasteiger partial charge in [-0.05, 0) is 37.0 Å². The molecule has 1 saturated heterocycles. The lowest BCUT2D eigenvalue weighted by Gasteiger charge is -2.41. The van der Waals surface area contributed by atoms with Gasteiger partial charge in [0.1, 0.15) is 5.82 Å². The summed E-state index contributed by atoms with van der Waals surface area (Å²) in [5.41, 5.74) is 0.798. The van der Waals surface area contributed by atoms with Crippen LogP contribution in [0.5, 0.6) is 0 Å². The van der Waals surface area contributed by atoms with Gasteiger partial charge < -0.3 is 4.90 Å². The molecule has 1 amide bonds. The molecule has 1 aliphatic heterocycles. The summed E-state index contributed by atoms with van der Waals surface area (Å²) in [4.78, 5) is 13.8. The number of hydrogen-bond acceptors (Lipinski definition) is 3. The first-order valence-corrected chi connectivity index (χ1v) is 10.8. The van der Waals surface area contributed by atoms with Crippen molar-refractivity contribution in [1.82, 2.24) is 4.90 Å². The van der Waals surface area contributed by atoms with Gasteiger partial charge in [-0.2, -0.15) is 0 Å². The number of nitrogens with zero attached hydrogens (tertiary/aromatic N) is 1. The molecule has 1 aromatic carbocycles. The monoisotopic (exact) mass is 387 g/mol. The third kappa shape index (κ3) is 4.17. The molecule has 1 heterocycles. The number of benzene rings is 1. The Bertz CT molecular complexity index is 741. The highest BCUT2D eigenvalue weighted by atomic mass is 35.5. The molecule has 25 heavy (non-hydrogen) atoms. The highest BCUT2D eigenvalue weighted by Crippen LogP contribution is 2.30. The Hall–Kier alpha value is -1.14. The highest BCUT2D eigenvalue weighted by Gasteiger charge is 2.43. The molecule has 1 aromatic rings. The van der Waals surface area contributed by atoms with E-state index in [1.807, 2.05) is 0 Å². The van der Waals surface area contributed by atoms with Gasteiger partial charge in [0.25, 0.3) is 0 Å². The van der Waals surface area contributed by atoms with Gasteiger partial charge in [-0.15, -0.1) is 0 Å². The van der Waals surface area contributed by atoms with Crippen LogP contribution in [0.25, 0.3) is 0 Å². The highest BCUT2D eigenvalue weighted by molar-refractivity contribution is 7.92. The smallest absolute Gasteiger partial charge is 0.222 e. The number of hydrogen-bond donors (Lipinski definition) is 0. The molecule has 1 saturated carbocycles. The van der Waals surface area contributed by atoms with E-state index in [9.17, 15) is 17.6 Å². The summed E-state index contributed by atoms with van der Waals surface area (Å²) in [6, 6.07) is 4.43. The summed E-state index contributed by atoms with van der Waals surface area (Å²) in [5, 5.41) is -0.572. The largest absolute Gasteiger partial charge is 0.340 e. The molecule has 2 fully saturated rings. The first-order chi connectivity index (χ1) is 11.9. The molecule has 1 aliphatic carbocycles. The van der Waals surface area contributed by atoms with Crippen LogP contribution in [0.3, 0.4) is 0 Å². The predicted molar refractivity (Wildman–Crippen MR) is 95.9 cm³/mol. The average Bonchev–Trinajstić information content (AvgIpc) is 2.55. The van der Waals surface area contributed by atoms with Crippen LogP contribution in [0.1, 0.15) is 44.1 Å². The second kappa shape index (κ2) is 7.62.